The van der Waals surface area contributed by atoms with Gasteiger partial charge in [-0.2, -0.15) is 5.48 Å². The van der Waals surface area contributed by atoms with Crippen molar-refractivity contribution in [1.82, 2.24) is 20.7 Å². The topological polar surface area (TPSA) is 142 Å². The van der Waals surface area contributed by atoms with Gasteiger partial charge in [0.2, 0.25) is 0 Å². The summed E-state index contributed by atoms with van der Waals surface area (Å²) in [5.41, 5.74) is 4.03. The van der Waals surface area contributed by atoms with E-state index in [0.717, 1.165) is 11.3 Å². The number of carbonyl (C=O) groups is 2. The molecule has 2 atom stereocenters. The average molecular weight is 514 g/mol. The molecule has 0 saturated carbocycles. The molecule has 2 amide bonds. The second-order valence-electron chi connectivity index (χ2n) is 9.25. The number of hydroxylamine groups is 1. The zero-order valence-electron chi connectivity index (χ0n) is 21.2. The molecule has 200 valence electrons. The number of morpholine rings is 1. The molecule has 2 heterocycles. The maximum Gasteiger partial charge on any atom is 0.473 e. The van der Waals surface area contributed by atoms with Gasteiger partial charge in [-0.05, 0) is 42.2 Å². The van der Waals surface area contributed by atoms with Crippen LogP contribution in [0.15, 0.2) is 48.7 Å². The molecule has 37 heavy (non-hydrogen) atoms. The molecule has 0 bridgehead atoms. The van der Waals surface area contributed by atoms with Crippen molar-refractivity contribution in [2.45, 2.75) is 45.3 Å². The maximum atomic E-state index is 13.0. The molecule has 2 aromatic rings. The molecule has 1 aliphatic heterocycles. The lowest BCUT2D eigenvalue weighted by Gasteiger charge is -2.29. The third kappa shape index (κ3) is 9.65. The summed E-state index contributed by atoms with van der Waals surface area (Å²) >= 11 is 0. The lowest BCUT2D eigenvalue weighted by Crippen LogP contribution is -2.54. The van der Waals surface area contributed by atoms with Crippen molar-refractivity contribution in [2.24, 2.45) is 5.92 Å². The Kier molecular flexibility index (Phi) is 11.1. The minimum Gasteiger partial charge on any atom is -0.487 e. The molecule has 0 unspecified atom stereocenters. The van der Waals surface area contributed by atoms with Crippen molar-refractivity contribution < 1.29 is 33.9 Å². The Bertz CT molecular complexity index is 973. The van der Waals surface area contributed by atoms with Crippen molar-refractivity contribution in [3.05, 3.63) is 59.9 Å². The number of hydrogen-bond donors (Lipinski definition) is 4. The van der Waals surface area contributed by atoms with Gasteiger partial charge in [0.15, 0.2) is 0 Å². The fourth-order valence-corrected chi connectivity index (χ4v) is 3.74. The summed E-state index contributed by atoms with van der Waals surface area (Å²) in [5, 5.41) is 21.9. The summed E-state index contributed by atoms with van der Waals surface area (Å²) in [6.07, 6.45) is 2.23. The molecule has 1 saturated heterocycles. The van der Waals surface area contributed by atoms with E-state index < -0.39 is 31.1 Å². The number of carbonyl (C=O) groups excluding carboxylic acids is 2. The fourth-order valence-electron chi connectivity index (χ4n) is 3.74. The third-order valence-electron chi connectivity index (χ3n) is 5.75. The van der Waals surface area contributed by atoms with E-state index in [2.05, 4.69) is 15.8 Å². The van der Waals surface area contributed by atoms with Gasteiger partial charge in [-0.25, -0.2) is 9.59 Å². The van der Waals surface area contributed by atoms with Crippen molar-refractivity contribution in [2.75, 3.05) is 26.3 Å². The molecule has 1 aliphatic rings. The van der Waals surface area contributed by atoms with E-state index in [1.54, 1.807) is 35.4 Å². The number of pyridine rings is 1. The summed E-state index contributed by atoms with van der Waals surface area (Å²) in [7, 11) is -1.71. The molecule has 1 fully saturated rings. The monoisotopic (exact) mass is 514 g/mol. The van der Waals surface area contributed by atoms with E-state index in [4.69, 9.17) is 14.3 Å². The van der Waals surface area contributed by atoms with Gasteiger partial charge >= 0.3 is 19.1 Å². The van der Waals surface area contributed by atoms with Crippen LogP contribution < -0.4 is 15.5 Å². The van der Waals surface area contributed by atoms with Crippen LogP contribution in [-0.2, 0) is 27.4 Å². The van der Waals surface area contributed by atoms with Crippen molar-refractivity contribution >= 4 is 19.1 Å². The smallest absolute Gasteiger partial charge is 0.473 e. The predicted molar refractivity (Wildman–Crippen MR) is 136 cm³/mol. The normalized spacial score (nSPS) is 15.1. The summed E-state index contributed by atoms with van der Waals surface area (Å²) in [4.78, 5) is 36.8. The predicted octanol–water partition coefficient (Wildman–Crippen LogP) is 1.09. The highest BCUT2D eigenvalue weighted by molar-refractivity contribution is 6.43. The molecule has 0 aliphatic carbocycles. The molecule has 0 spiro atoms. The number of nitrogens with zero attached hydrogens (tertiary/aromatic N) is 2. The fraction of sp³-hybridized carbons (Fsp3) is 0.480. The lowest BCUT2D eigenvalue weighted by molar-refractivity contribution is -0.154. The van der Waals surface area contributed by atoms with E-state index in [-0.39, 0.29) is 12.3 Å². The molecule has 0 radical (unpaired) electrons. The number of amides is 2. The van der Waals surface area contributed by atoms with Gasteiger partial charge in [-0.3, -0.25) is 4.98 Å². The van der Waals surface area contributed by atoms with Gasteiger partial charge in [-0.15, -0.1) is 0 Å². The Labute approximate surface area is 217 Å². The van der Waals surface area contributed by atoms with Gasteiger partial charge in [0, 0.05) is 25.7 Å². The number of rotatable bonds is 12. The Morgan fingerprint density at radius 2 is 1.86 bits per heavy atom. The molecule has 12 heteroatoms. The first-order valence-electron chi connectivity index (χ1n) is 12.4. The van der Waals surface area contributed by atoms with Crippen LogP contribution in [0.25, 0.3) is 0 Å². The average Bonchev–Trinajstić information content (AvgIpc) is 2.90. The van der Waals surface area contributed by atoms with Gasteiger partial charge in [0.25, 0.3) is 0 Å². The van der Waals surface area contributed by atoms with Crippen molar-refractivity contribution in [1.29, 1.82) is 0 Å². The minimum absolute atomic E-state index is 0.133. The zero-order valence-corrected chi connectivity index (χ0v) is 21.2. The van der Waals surface area contributed by atoms with Crippen LogP contribution in [-0.4, -0.2) is 77.3 Å². The SMILES string of the molecule is CC(C)C[C@H](NOC(=O)[C@H](Cc1ccc(OCc2ccccn2)cc1)NC(=O)N1CCOCC1)B(O)O. The van der Waals surface area contributed by atoms with Gasteiger partial charge in [0.1, 0.15) is 18.4 Å². The van der Waals surface area contributed by atoms with Crippen LogP contribution in [0.2, 0.25) is 0 Å². The molecule has 3 rings (SSSR count). The van der Waals surface area contributed by atoms with Crippen LogP contribution >= 0.6 is 0 Å². The molecular weight excluding hydrogens is 479 g/mol. The van der Waals surface area contributed by atoms with E-state index in [1.165, 1.54) is 0 Å². The van der Waals surface area contributed by atoms with Gasteiger partial charge in [0.05, 0.1) is 24.8 Å². The van der Waals surface area contributed by atoms with Crippen LogP contribution in [0, 0.1) is 5.92 Å². The van der Waals surface area contributed by atoms with Crippen LogP contribution in [0.5, 0.6) is 5.75 Å². The van der Waals surface area contributed by atoms with Crippen LogP contribution in [0.1, 0.15) is 31.5 Å². The Morgan fingerprint density at radius 1 is 1.14 bits per heavy atom. The summed E-state index contributed by atoms with van der Waals surface area (Å²) in [6.45, 7) is 5.83. The summed E-state index contributed by atoms with van der Waals surface area (Å²) < 4.78 is 11.1. The molecule has 1 aromatic heterocycles. The van der Waals surface area contributed by atoms with E-state index in [9.17, 15) is 19.6 Å². The van der Waals surface area contributed by atoms with E-state index in [0.29, 0.717) is 45.1 Å². The number of urea groups is 1. The molecule has 1 aromatic carbocycles. The maximum absolute atomic E-state index is 13.0. The van der Waals surface area contributed by atoms with Gasteiger partial charge < -0.3 is 34.6 Å². The Morgan fingerprint density at radius 3 is 2.49 bits per heavy atom. The highest BCUT2D eigenvalue weighted by Gasteiger charge is 2.30. The molecule has 11 nitrogen and oxygen atoms in total. The first-order chi connectivity index (χ1) is 17.8. The standard InChI is InChI=1S/C25H35BN4O7/c1-18(2)15-23(26(33)34)29-37-24(31)22(28-25(32)30-11-13-35-14-12-30)16-19-6-8-21(9-7-19)36-17-20-5-3-4-10-27-20/h3-10,18,22-23,29,33-34H,11-17H2,1-2H3,(H,28,32)/t22-,23-/m0/s1. The van der Waals surface area contributed by atoms with Gasteiger partial charge in [-0.1, -0.05) is 32.0 Å². The van der Waals surface area contributed by atoms with Crippen molar-refractivity contribution in [3.8, 4) is 5.75 Å². The van der Waals surface area contributed by atoms with E-state index >= 15 is 0 Å². The summed E-state index contributed by atoms with van der Waals surface area (Å²) in [6, 6.07) is 11.4. The highest BCUT2D eigenvalue weighted by Crippen LogP contribution is 2.16. The first-order valence-corrected chi connectivity index (χ1v) is 12.4. The number of aromatic nitrogens is 1. The Hall–Kier alpha value is -3.19. The van der Waals surface area contributed by atoms with E-state index in [1.807, 2.05) is 32.0 Å². The third-order valence-corrected chi connectivity index (χ3v) is 5.75. The first kappa shape index (κ1) is 28.4. The lowest BCUT2D eigenvalue weighted by atomic mass is 9.76. The number of nitrogens with one attached hydrogen (secondary N) is 2. The van der Waals surface area contributed by atoms with Crippen LogP contribution in [0.3, 0.4) is 0 Å². The largest absolute Gasteiger partial charge is 0.487 e. The molecule has 4 N–H and O–H groups in total. The minimum atomic E-state index is -1.71. The summed E-state index contributed by atoms with van der Waals surface area (Å²) in [5.74, 6) is -0.837. The Balaban J connectivity index is 1.64. The number of hydrogen-bond acceptors (Lipinski definition) is 9. The second kappa shape index (κ2) is 14.5. The molecular formula is C25H35BN4O7. The number of ether oxygens (including phenoxy) is 2. The second-order valence-corrected chi connectivity index (χ2v) is 9.25. The number of benzene rings is 1. The quantitative estimate of drug-likeness (QED) is 0.242. The van der Waals surface area contributed by atoms with Crippen LogP contribution in [0.4, 0.5) is 4.79 Å². The zero-order chi connectivity index (χ0) is 26.6. The highest BCUT2D eigenvalue weighted by atomic mass is 16.7. The van der Waals surface area contributed by atoms with Crippen molar-refractivity contribution in [3.63, 3.8) is 0 Å².